The number of pyridine rings is 1. The van der Waals surface area contributed by atoms with Gasteiger partial charge in [0.15, 0.2) is 0 Å². The second-order valence-corrected chi connectivity index (χ2v) is 9.00. The van der Waals surface area contributed by atoms with Crippen molar-refractivity contribution in [2.45, 2.75) is 18.3 Å². The fourth-order valence-corrected chi connectivity index (χ4v) is 4.25. The largest absolute Gasteiger partial charge is 0.534 e. The topological polar surface area (TPSA) is 85.7 Å². The number of hydrogen-bond acceptors (Lipinski definition) is 6. The Balaban J connectivity index is 1.78. The SMILES string of the molecule is O=S(=O)(Oc1ccc2c(c1)CCC(c1ccccn1)=C2c1ccc(OCCO)cc1)C(F)(F)F. The molecule has 1 aliphatic rings. The summed E-state index contributed by atoms with van der Waals surface area (Å²) in [5.74, 6) is 0.180. The number of fused-ring (bicyclic) bond motifs is 1. The Morgan fingerprint density at radius 2 is 1.71 bits per heavy atom. The first kappa shape index (κ1) is 23.8. The predicted molar refractivity (Wildman–Crippen MR) is 120 cm³/mol. The number of benzene rings is 2. The van der Waals surface area contributed by atoms with E-state index in [0.29, 0.717) is 24.2 Å². The standard InChI is InChI=1S/C24H20F3NO5S/c25-24(26,27)34(30,31)33-19-9-11-20-17(15-19)6-10-21(22-3-1-2-12-28-22)23(20)16-4-7-18(8-5-16)32-14-13-29/h1-5,7-9,11-12,15,29H,6,10,13-14H2. The fraction of sp³-hybridized carbons (Fsp3) is 0.208. The first-order valence-electron chi connectivity index (χ1n) is 10.3. The molecule has 1 N–H and O–H groups in total. The predicted octanol–water partition coefficient (Wildman–Crippen LogP) is 4.59. The molecule has 0 saturated carbocycles. The summed E-state index contributed by atoms with van der Waals surface area (Å²) < 4.78 is 70.8. The number of aromatic nitrogens is 1. The second kappa shape index (κ2) is 9.47. The van der Waals surface area contributed by atoms with E-state index in [4.69, 9.17) is 9.84 Å². The molecular weight excluding hydrogens is 471 g/mol. The molecule has 0 bridgehead atoms. The zero-order valence-electron chi connectivity index (χ0n) is 17.7. The number of hydrogen-bond donors (Lipinski definition) is 1. The molecule has 1 aromatic heterocycles. The van der Waals surface area contributed by atoms with Gasteiger partial charge in [-0.25, -0.2) is 0 Å². The molecule has 0 aliphatic heterocycles. The molecule has 2 aromatic carbocycles. The van der Waals surface area contributed by atoms with Crippen molar-refractivity contribution >= 4 is 21.3 Å². The van der Waals surface area contributed by atoms with Crippen molar-refractivity contribution in [2.75, 3.05) is 13.2 Å². The van der Waals surface area contributed by atoms with Gasteiger partial charge in [-0.15, -0.1) is 0 Å². The third-order valence-corrected chi connectivity index (χ3v) is 6.24. The summed E-state index contributed by atoms with van der Waals surface area (Å²) >= 11 is 0. The van der Waals surface area contributed by atoms with Crippen molar-refractivity contribution in [1.29, 1.82) is 0 Å². The van der Waals surface area contributed by atoms with Crippen LogP contribution in [0.4, 0.5) is 13.2 Å². The third kappa shape index (κ3) is 4.92. The maximum atomic E-state index is 12.7. The molecule has 3 aromatic rings. The lowest BCUT2D eigenvalue weighted by atomic mass is 9.81. The average Bonchev–Trinajstić information content (AvgIpc) is 2.82. The van der Waals surface area contributed by atoms with E-state index in [9.17, 15) is 21.6 Å². The lowest BCUT2D eigenvalue weighted by Crippen LogP contribution is -2.28. The van der Waals surface area contributed by atoms with Crippen LogP contribution in [0, 0.1) is 0 Å². The molecule has 0 spiro atoms. The van der Waals surface area contributed by atoms with E-state index in [1.807, 2.05) is 24.3 Å². The van der Waals surface area contributed by atoms with Crippen molar-refractivity contribution in [3.63, 3.8) is 0 Å². The molecule has 4 rings (SSSR count). The molecule has 6 nitrogen and oxygen atoms in total. The summed E-state index contributed by atoms with van der Waals surface area (Å²) in [6.07, 6.45) is 2.68. The maximum absolute atomic E-state index is 12.7. The van der Waals surface area contributed by atoms with Crippen LogP contribution in [-0.2, 0) is 16.5 Å². The lowest BCUT2D eigenvalue weighted by molar-refractivity contribution is -0.0500. The number of aryl methyl sites for hydroxylation is 1. The van der Waals surface area contributed by atoms with Gasteiger partial charge in [0.2, 0.25) is 0 Å². The summed E-state index contributed by atoms with van der Waals surface area (Å²) in [6.45, 7) is 0.0479. The smallest absolute Gasteiger partial charge is 0.491 e. The average molecular weight is 491 g/mol. The minimum Gasteiger partial charge on any atom is -0.491 e. The normalized spacial score (nSPS) is 14.0. The molecule has 0 atom stereocenters. The molecule has 178 valence electrons. The van der Waals surface area contributed by atoms with E-state index in [1.165, 1.54) is 12.1 Å². The van der Waals surface area contributed by atoms with Gasteiger partial charge < -0.3 is 14.0 Å². The van der Waals surface area contributed by atoms with E-state index >= 15 is 0 Å². The fourth-order valence-electron chi connectivity index (χ4n) is 3.80. The summed E-state index contributed by atoms with van der Waals surface area (Å²) in [5, 5.41) is 8.94. The van der Waals surface area contributed by atoms with Gasteiger partial charge in [-0.3, -0.25) is 4.98 Å². The van der Waals surface area contributed by atoms with Crippen molar-refractivity contribution in [3.8, 4) is 11.5 Å². The zero-order valence-corrected chi connectivity index (χ0v) is 18.6. The van der Waals surface area contributed by atoms with Gasteiger partial charge in [-0.05, 0) is 77.1 Å². The number of aliphatic hydroxyl groups excluding tert-OH is 1. The number of nitrogens with zero attached hydrogens (tertiary/aromatic N) is 1. The Morgan fingerprint density at radius 3 is 2.35 bits per heavy atom. The molecule has 0 unspecified atom stereocenters. The van der Waals surface area contributed by atoms with Gasteiger partial charge in [0.25, 0.3) is 0 Å². The Labute approximate surface area is 194 Å². The second-order valence-electron chi connectivity index (χ2n) is 7.47. The van der Waals surface area contributed by atoms with Crippen LogP contribution >= 0.6 is 0 Å². The van der Waals surface area contributed by atoms with Crippen LogP contribution in [-0.4, -0.2) is 37.2 Å². The van der Waals surface area contributed by atoms with Gasteiger partial charge in [-0.2, -0.15) is 21.6 Å². The number of ether oxygens (including phenoxy) is 1. The molecule has 1 heterocycles. The van der Waals surface area contributed by atoms with Gasteiger partial charge in [0, 0.05) is 6.20 Å². The quantitative estimate of drug-likeness (QED) is 0.385. The molecule has 10 heteroatoms. The monoisotopic (exact) mass is 491 g/mol. The molecule has 0 amide bonds. The molecule has 0 fully saturated rings. The lowest BCUT2D eigenvalue weighted by Gasteiger charge is -2.24. The van der Waals surface area contributed by atoms with Crippen LogP contribution < -0.4 is 8.92 Å². The Kier molecular flexibility index (Phi) is 6.63. The highest BCUT2D eigenvalue weighted by Gasteiger charge is 2.48. The van der Waals surface area contributed by atoms with Gasteiger partial charge in [0.05, 0.1) is 12.3 Å². The van der Waals surface area contributed by atoms with Crippen LogP contribution in [0.5, 0.6) is 11.5 Å². The van der Waals surface area contributed by atoms with Crippen molar-refractivity contribution < 1.29 is 35.6 Å². The maximum Gasteiger partial charge on any atom is 0.534 e. The summed E-state index contributed by atoms with van der Waals surface area (Å²) in [5.41, 5.74) is -0.733. The number of halogens is 3. The summed E-state index contributed by atoms with van der Waals surface area (Å²) in [4.78, 5) is 4.46. The highest BCUT2D eigenvalue weighted by Crippen LogP contribution is 2.42. The summed E-state index contributed by atoms with van der Waals surface area (Å²) in [7, 11) is -5.76. The van der Waals surface area contributed by atoms with Crippen LogP contribution in [0.2, 0.25) is 0 Å². The minimum atomic E-state index is -5.76. The Morgan fingerprint density at radius 1 is 0.971 bits per heavy atom. The Bertz CT molecular complexity index is 1300. The molecule has 0 saturated heterocycles. The highest BCUT2D eigenvalue weighted by molar-refractivity contribution is 7.88. The number of alkyl halides is 3. The zero-order chi connectivity index (χ0) is 24.3. The summed E-state index contributed by atoms with van der Waals surface area (Å²) in [6, 6.07) is 16.9. The molecule has 34 heavy (non-hydrogen) atoms. The van der Waals surface area contributed by atoms with Crippen LogP contribution in [0.15, 0.2) is 66.9 Å². The van der Waals surface area contributed by atoms with Crippen LogP contribution in [0.1, 0.15) is 28.8 Å². The number of allylic oxidation sites excluding steroid dienone is 1. The van der Waals surface area contributed by atoms with Crippen LogP contribution in [0.3, 0.4) is 0 Å². The third-order valence-electron chi connectivity index (χ3n) is 5.26. The first-order chi connectivity index (χ1) is 16.2. The highest BCUT2D eigenvalue weighted by atomic mass is 32.2. The van der Waals surface area contributed by atoms with E-state index in [0.717, 1.165) is 28.0 Å². The van der Waals surface area contributed by atoms with Gasteiger partial charge in [0.1, 0.15) is 18.1 Å². The molecular formula is C24H20F3NO5S. The van der Waals surface area contributed by atoms with Crippen LogP contribution in [0.25, 0.3) is 11.1 Å². The minimum absolute atomic E-state index is 0.113. The van der Waals surface area contributed by atoms with Gasteiger partial charge in [-0.1, -0.05) is 24.3 Å². The van der Waals surface area contributed by atoms with E-state index in [-0.39, 0.29) is 13.2 Å². The number of rotatable bonds is 7. The van der Waals surface area contributed by atoms with E-state index in [1.54, 1.807) is 30.5 Å². The van der Waals surface area contributed by atoms with Crippen molar-refractivity contribution in [2.24, 2.45) is 0 Å². The number of aliphatic hydroxyl groups is 1. The van der Waals surface area contributed by atoms with Gasteiger partial charge >= 0.3 is 15.6 Å². The van der Waals surface area contributed by atoms with E-state index < -0.39 is 21.4 Å². The first-order valence-corrected chi connectivity index (χ1v) is 11.7. The molecule has 0 radical (unpaired) electrons. The van der Waals surface area contributed by atoms with E-state index in [2.05, 4.69) is 9.17 Å². The molecule has 1 aliphatic carbocycles. The van der Waals surface area contributed by atoms with Crippen molar-refractivity contribution in [3.05, 3.63) is 89.2 Å². The van der Waals surface area contributed by atoms with Crippen molar-refractivity contribution in [1.82, 2.24) is 4.98 Å². The Hall–Kier alpha value is -3.37.